The minimum atomic E-state index is 0. The van der Waals surface area contributed by atoms with E-state index in [0.717, 1.165) is 6.54 Å². The summed E-state index contributed by atoms with van der Waals surface area (Å²) in [5, 5.41) is 0. The summed E-state index contributed by atoms with van der Waals surface area (Å²) in [5.41, 5.74) is 2.78. The Morgan fingerprint density at radius 2 is 1.68 bits per heavy atom. The Bertz CT molecular complexity index is 492. The Balaban J connectivity index is 0. The van der Waals surface area contributed by atoms with Crippen molar-refractivity contribution in [3.63, 3.8) is 0 Å². The molecule has 0 radical (unpaired) electrons. The summed E-state index contributed by atoms with van der Waals surface area (Å²) in [5.74, 6) is 0.508. The molecule has 0 fully saturated rings. The Kier molecular flexibility index (Phi) is 14.4. The first-order valence-electron chi connectivity index (χ1n) is 6.77. The smallest absolute Gasteiger partial charge is 1.00 e. The SMILES string of the molecule is CN(C)CCC1[C-]=Cc2ccccc21.[Cl-].[Cl-].[Zr+4].c1cc[cH-]c1. The number of fused-ring (bicyclic) bond motifs is 1. The molecule has 3 rings (SSSR count). The molecule has 1 nitrogen and oxygen atoms in total. The van der Waals surface area contributed by atoms with Gasteiger partial charge < -0.3 is 29.7 Å². The average Bonchev–Trinajstić information content (AvgIpc) is 3.09. The molecule has 0 aromatic heterocycles. The summed E-state index contributed by atoms with van der Waals surface area (Å²) >= 11 is 0. The zero-order valence-corrected chi connectivity index (χ0v) is 16.9. The molecule has 0 spiro atoms. The summed E-state index contributed by atoms with van der Waals surface area (Å²) < 4.78 is 0. The van der Waals surface area contributed by atoms with Crippen molar-refractivity contribution in [3.8, 4) is 0 Å². The van der Waals surface area contributed by atoms with E-state index in [-0.39, 0.29) is 51.0 Å². The first-order chi connectivity index (χ1) is 9.27. The number of allylic oxidation sites excluding steroid dienone is 1. The number of hydrogen-bond donors (Lipinski definition) is 0. The van der Waals surface area contributed by atoms with Gasteiger partial charge in [0.1, 0.15) is 0 Å². The van der Waals surface area contributed by atoms with Crippen LogP contribution in [0.2, 0.25) is 0 Å². The number of rotatable bonds is 3. The van der Waals surface area contributed by atoms with Crippen LogP contribution >= 0.6 is 0 Å². The fourth-order valence-electron chi connectivity index (χ4n) is 2.19. The summed E-state index contributed by atoms with van der Waals surface area (Å²) in [6.45, 7) is 1.12. The second-order valence-electron chi connectivity index (χ2n) is 5.05. The van der Waals surface area contributed by atoms with Gasteiger partial charge in [0.2, 0.25) is 0 Å². The quantitative estimate of drug-likeness (QED) is 0.525. The van der Waals surface area contributed by atoms with Crippen LogP contribution in [0, 0.1) is 6.08 Å². The van der Waals surface area contributed by atoms with Crippen molar-refractivity contribution in [2.75, 3.05) is 20.6 Å². The predicted octanol–water partition coefficient (Wildman–Crippen LogP) is -2.04. The third kappa shape index (κ3) is 7.83. The maximum absolute atomic E-state index is 3.43. The fourth-order valence-corrected chi connectivity index (χ4v) is 2.19. The summed E-state index contributed by atoms with van der Waals surface area (Å²) in [6.07, 6.45) is 6.71. The molecule has 22 heavy (non-hydrogen) atoms. The van der Waals surface area contributed by atoms with Gasteiger partial charge in [0.05, 0.1) is 0 Å². The third-order valence-corrected chi connectivity index (χ3v) is 3.23. The van der Waals surface area contributed by atoms with Crippen molar-refractivity contribution in [2.24, 2.45) is 0 Å². The van der Waals surface area contributed by atoms with Gasteiger partial charge in [-0.2, -0.15) is 23.8 Å². The molecule has 1 aliphatic rings. The largest absolute Gasteiger partial charge is 4.00 e. The number of nitrogens with zero attached hydrogens (tertiary/aromatic N) is 1. The molecule has 1 atom stereocenters. The topological polar surface area (TPSA) is 3.24 Å². The molecule has 0 bridgehead atoms. The van der Waals surface area contributed by atoms with Crippen molar-refractivity contribution >= 4 is 6.08 Å². The first-order valence-corrected chi connectivity index (χ1v) is 6.77. The molecule has 0 N–H and O–H groups in total. The Hall–Kier alpha value is -0.267. The zero-order valence-electron chi connectivity index (χ0n) is 13.0. The van der Waals surface area contributed by atoms with Crippen LogP contribution in [0.1, 0.15) is 23.5 Å². The standard InChI is InChI=1S/C13H16N.C5H5.2ClH.Zr/c1-14(2)10-9-12-8-7-11-5-3-4-6-13(11)12;1-2-4-5-3-1;;;/h3-7,12H,9-10H2,1-2H3;1-5H;2*1H;/q2*-1;;;+4/p-2. The van der Waals surface area contributed by atoms with Crippen molar-refractivity contribution in [3.05, 3.63) is 71.8 Å². The van der Waals surface area contributed by atoms with Crippen LogP contribution in [0.15, 0.2) is 54.6 Å². The van der Waals surface area contributed by atoms with Gasteiger partial charge >= 0.3 is 26.2 Å². The van der Waals surface area contributed by atoms with Crippen LogP contribution in [-0.4, -0.2) is 25.5 Å². The molecule has 1 unspecified atom stereocenters. The Morgan fingerprint density at radius 1 is 1.05 bits per heavy atom. The minimum absolute atomic E-state index is 0. The van der Waals surface area contributed by atoms with Crippen molar-refractivity contribution < 1.29 is 51.0 Å². The monoisotopic (exact) mass is 411 g/mol. The Morgan fingerprint density at radius 3 is 2.23 bits per heavy atom. The van der Waals surface area contributed by atoms with E-state index in [4.69, 9.17) is 0 Å². The van der Waals surface area contributed by atoms with E-state index in [1.165, 1.54) is 17.5 Å². The summed E-state index contributed by atoms with van der Waals surface area (Å²) in [7, 11) is 4.23. The molecule has 0 amide bonds. The molecule has 2 aromatic rings. The normalized spacial score (nSPS) is 13.9. The first kappa shape index (κ1) is 24.0. The molecule has 0 aliphatic heterocycles. The van der Waals surface area contributed by atoms with Gasteiger partial charge in [0.15, 0.2) is 0 Å². The van der Waals surface area contributed by atoms with Crippen LogP contribution in [0.4, 0.5) is 0 Å². The molecule has 0 saturated heterocycles. The third-order valence-electron chi connectivity index (χ3n) is 3.23. The van der Waals surface area contributed by atoms with Gasteiger partial charge in [-0.25, -0.2) is 18.2 Å². The molecule has 2 aromatic carbocycles. The van der Waals surface area contributed by atoms with Crippen molar-refractivity contribution in [1.29, 1.82) is 0 Å². The van der Waals surface area contributed by atoms with Crippen LogP contribution in [0.25, 0.3) is 6.08 Å². The maximum atomic E-state index is 3.43. The van der Waals surface area contributed by atoms with Crippen LogP contribution in [-0.2, 0) is 26.2 Å². The molecular formula is C18H21Cl2NZr. The van der Waals surface area contributed by atoms with Gasteiger partial charge in [-0.15, -0.1) is 11.6 Å². The van der Waals surface area contributed by atoms with Crippen molar-refractivity contribution in [2.45, 2.75) is 12.3 Å². The second kappa shape index (κ2) is 13.2. The average molecular weight is 414 g/mol. The molecule has 1 aliphatic carbocycles. The molecule has 0 heterocycles. The van der Waals surface area contributed by atoms with Crippen molar-refractivity contribution in [1.82, 2.24) is 4.90 Å². The molecular weight excluding hydrogens is 392 g/mol. The number of hydrogen-bond acceptors (Lipinski definition) is 1. The van der Waals surface area contributed by atoms with Crippen LogP contribution in [0.5, 0.6) is 0 Å². The Labute approximate surface area is 166 Å². The molecule has 4 heteroatoms. The molecule has 0 saturated carbocycles. The van der Waals surface area contributed by atoms with Crippen LogP contribution < -0.4 is 24.8 Å². The summed E-state index contributed by atoms with van der Waals surface area (Å²) in [4.78, 5) is 2.22. The van der Waals surface area contributed by atoms with E-state index in [9.17, 15) is 0 Å². The van der Waals surface area contributed by atoms with E-state index in [1.807, 2.05) is 30.3 Å². The van der Waals surface area contributed by atoms with Gasteiger partial charge in [0.25, 0.3) is 0 Å². The molecule has 116 valence electrons. The van der Waals surface area contributed by atoms with Crippen LogP contribution in [0.3, 0.4) is 0 Å². The number of benzene rings is 1. The maximum Gasteiger partial charge on any atom is 4.00 e. The minimum Gasteiger partial charge on any atom is -1.00 e. The zero-order chi connectivity index (χ0) is 13.5. The van der Waals surface area contributed by atoms with Gasteiger partial charge in [-0.05, 0) is 27.1 Å². The van der Waals surface area contributed by atoms with E-state index in [2.05, 4.69) is 55.4 Å². The van der Waals surface area contributed by atoms with E-state index in [1.54, 1.807) is 0 Å². The predicted molar refractivity (Wildman–Crippen MR) is 82.1 cm³/mol. The van der Waals surface area contributed by atoms with Gasteiger partial charge in [-0.1, -0.05) is 24.1 Å². The summed E-state index contributed by atoms with van der Waals surface area (Å²) in [6, 6.07) is 18.6. The number of halogens is 2. The second-order valence-corrected chi connectivity index (χ2v) is 5.05. The van der Waals surface area contributed by atoms with E-state index >= 15 is 0 Å². The van der Waals surface area contributed by atoms with E-state index in [0.29, 0.717) is 5.92 Å². The van der Waals surface area contributed by atoms with E-state index < -0.39 is 0 Å². The van der Waals surface area contributed by atoms with Gasteiger partial charge in [0, 0.05) is 0 Å². The fraction of sp³-hybridized carbons (Fsp3) is 0.278. The van der Waals surface area contributed by atoms with Gasteiger partial charge in [-0.3, -0.25) is 6.08 Å².